The van der Waals surface area contributed by atoms with E-state index < -0.39 is 0 Å². The topological polar surface area (TPSA) is 79.0 Å². The Kier molecular flexibility index (Phi) is 4.39. The number of aromatic amines is 1. The van der Waals surface area contributed by atoms with E-state index >= 15 is 0 Å². The van der Waals surface area contributed by atoms with Crippen LogP contribution < -0.4 is 15.4 Å². The first-order chi connectivity index (χ1) is 10.8. The summed E-state index contributed by atoms with van der Waals surface area (Å²) in [5.41, 5.74) is 2.74. The highest BCUT2D eigenvalue weighted by atomic mass is 16.5. The van der Waals surface area contributed by atoms with Gasteiger partial charge in [0.2, 0.25) is 5.91 Å². The van der Waals surface area contributed by atoms with E-state index in [4.69, 9.17) is 4.74 Å². The molecule has 1 aromatic carbocycles. The number of hydrogen-bond donors (Lipinski definition) is 3. The normalized spacial score (nSPS) is 17.4. The second kappa shape index (κ2) is 6.62. The molecule has 0 bridgehead atoms. The molecule has 1 aliphatic rings. The van der Waals surface area contributed by atoms with Gasteiger partial charge in [-0.2, -0.15) is 5.10 Å². The van der Waals surface area contributed by atoms with Crippen molar-refractivity contribution in [2.24, 2.45) is 0 Å². The van der Waals surface area contributed by atoms with Crippen LogP contribution in [-0.4, -0.2) is 36.3 Å². The molecule has 116 valence electrons. The number of aromatic nitrogens is 2. The van der Waals surface area contributed by atoms with Gasteiger partial charge in [0, 0.05) is 12.5 Å². The second-order valence-corrected chi connectivity index (χ2v) is 5.46. The van der Waals surface area contributed by atoms with Crippen LogP contribution >= 0.6 is 0 Å². The van der Waals surface area contributed by atoms with E-state index in [1.165, 1.54) is 0 Å². The molecule has 1 amide bonds. The molecule has 3 rings (SSSR count). The quantitative estimate of drug-likeness (QED) is 0.785. The molecular weight excluding hydrogens is 280 g/mol. The number of nitrogens with one attached hydrogen (secondary N) is 3. The Morgan fingerprint density at radius 2 is 2.23 bits per heavy atom. The summed E-state index contributed by atoms with van der Waals surface area (Å²) in [6, 6.07) is 7.51. The number of amides is 1. The fraction of sp³-hybridized carbons (Fsp3) is 0.375. The van der Waals surface area contributed by atoms with Gasteiger partial charge in [0.05, 0.1) is 31.1 Å². The molecule has 1 aromatic heterocycles. The molecule has 2 heterocycles. The molecule has 0 aliphatic carbocycles. The van der Waals surface area contributed by atoms with E-state index in [1.54, 1.807) is 13.3 Å². The molecule has 1 unspecified atom stereocenters. The lowest BCUT2D eigenvalue weighted by Crippen LogP contribution is -2.16. The van der Waals surface area contributed by atoms with Crippen LogP contribution in [-0.2, 0) is 11.2 Å². The highest BCUT2D eigenvalue weighted by Gasteiger charge is 2.22. The minimum absolute atomic E-state index is 0.0428. The average Bonchev–Trinajstić information content (AvgIpc) is 3.18. The molecule has 3 N–H and O–H groups in total. The Hall–Kier alpha value is -2.34. The number of rotatable bonds is 5. The summed E-state index contributed by atoms with van der Waals surface area (Å²) in [6.45, 7) is 1.92. The third-order valence-corrected chi connectivity index (χ3v) is 3.94. The van der Waals surface area contributed by atoms with Gasteiger partial charge in [0.15, 0.2) is 0 Å². The zero-order chi connectivity index (χ0) is 15.4. The fourth-order valence-corrected chi connectivity index (χ4v) is 2.73. The van der Waals surface area contributed by atoms with Crippen LogP contribution in [0.5, 0.6) is 5.75 Å². The lowest BCUT2D eigenvalue weighted by atomic mass is 10.0. The van der Waals surface area contributed by atoms with Gasteiger partial charge in [-0.1, -0.05) is 12.1 Å². The third-order valence-electron chi connectivity index (χ3n) is 3.94. The van der Waals surface area contributed by atoms with Crippen LogP contribution in [0.2, 0.25) is 0 Å². The number of benzene rings is 1. The van der Waals surface area contributed by atoms with Crippen LogP contribution in [0.1, 0.15) is 23.6 Å². The lowest BCUT2D eigenvalue weighted by Gasteiger charge is -2.10. The van der Waals surface area contributed by atoms with Gasteiger partial charge in [0.1, 0.15) is 5.75 Å². The number of methoxy groups -OCH3 is 1. The number of ether oxygens (including phenoxy) is 1. The number of nitrogens with zero attached hydrogens (tertiary/aromatic N) is 1. The number of carbonyl (C=O) groups is 1. The maximum Gasteiger partial charge on any atom is 0.228 e. The van der Waals surface area contributed by atoms with Gasteiger partial charge in [-0.25, -0.2) is 0 Å². The summed E-state index contributed by atoms with van der Waals surface area (Å²) < 4.78 is 5.11. The first kappa shape index (κ1) is 14.6. The van der Waals surface area contributed by atoms with Gasteiger partial charge in [-0.3, -0.25) is 9.89 Å². The molecule has 2 aromatic rings. The van der Waals surface area contributed by atoms with E-state index in [9.17, 15) is 4.79 Å². The molecule has 0 radical (unpaired) electrons. The van der Waals surface area contributed by atoms with Crippen molar-refractivity contribution in [2.75, 3.05) is 25.5 Å². The number of carbonyl (C=O) groups excluding carboxylic acids is 1. The van der Waals surface area contributed by atoms with E-state index in [-0.39, 0.29) is 5.91 Å². The Balaban J connectivity index is 1.63. The standard InChI is InChI=1S/C16H20N4O2/c1-22-13-4-2-11(3-5-13)8-15(21)19-14-10-18-20-16(14)12-6-7-17-9-12/h2-5,10,12,17H,6-9H2,1H3,(H,18,20)(H,19,21). The molecule has 22 heavy (non-hydrogen) atoms. The van der Waals surface area contributed by atoms with Crippen molar-refractivity contribution >= 4 is 11.6 Å². The van der Waals surface area contributed by atoms with Gasteiger partial charge in [-0.15, -0.1) is 0 Å². The number of anilines is 1. The largest absolute Gasteiger partial charge is 0.497 e. The second-order valence-electron chi connectivity index (χ2n) is 5.46. The zero-order valence-electron chi connectivity index (χ0n) is 12.6. The minimum Gasteiger partial charge on any atom is -0.497 e. The van der Waals surface area contributed by atoms with Gasteiger partial charge in [0.25, 0.3) is 0 Å². The zero-order valence-corrected chi connectivity index (χ0v) is 12.6. The monoisotopic (exact) mass is 300 g/mol. The Labute approximate surface area is 129 Å². The van der Waals surface area contributed by atoms with Crippen molar-refractivity contribution in [2.45, 2.75) is 18.8 Å². The lowest BCUT2D eigenvalue weighted by molar-refractivity contribution is -0.115. The van der Waals surface area contributed by atoms with E-state index in [2.05, 4.69) is 20.8 Å². The fourth-order valence-electron chi connectivity index (χ4n) is 2.73. The molecule has 1 saturated heterocycles. The molecule has 1 fully saturated rings. The van der Waals surface area contributed by atoms with E-state index in [0.29, 0.717) is 12.3 Å². The van der Waals surface area contributed by atoms with Gasteiger partial charge in [-0.05, 0) is 30.7 Å². The summed E-state index contributed by atoms with van der Waals surface area (Å²) in [5.74, 6) is 1.13. The number of hydrogen-bond acceptors (Lipinski definition) is 4. The van der Waals surface area contributed by atoms with Crippen LogP contribution in [0, 0.1) is 0 Å². The first-order valence-corrected chi connectivity index (χ1v) is 7.43. The summed E-state index contributed by atoms with van der Waals surface area (Å²) in [5, 5.41) is 13.3. The Morgan fingerprint density at radius 3 is 2.91 bits per heavy atom. The molecule has 1 aliphatic heterocycles. The van der Waals surface area contributed by atoms with E-state index in [0.717, 1.165) is 42.2 Å². The van der Waals surface area contributed by atoms with Gasteiger partial charge >= 0.3 is 0 Å². The van der Waals surface area contributed by atoms with Crippen LogP contribution in [0.15, 0.2) is 30.5 Å². The number of H-pyrrole nitrogens is 1. The van der Waals surface area contributed by atoms with Crippen molar-refractivity contribution in [3.05, 3.63) is 41.7 Å². The highest BCUT2D eigenvalue weighted by Crippen LogP contribution is 2.26. The van der Waals surface area contributed by atoms with Crippen LogP contribution in [0.25, 0.3) is 0 Å². The Morgan fingerprint density at radius 1 is 1.41 bits per heavy atom. The summed E-state index contributed by atoms with van der Waals surface area (Å²) >= 11 is 0. The SMILES string of the molecule is COc1ccc(CC(=O)Nc2cn[nH]c2C2CCNC2)cc1. The van der Waals surface area contributed by atoms with E-state index in [1.807, 2.05) is 24.3 Å². The highest BCUT2D eigenvalue weighted by molar-refractivity contribution is 5.92. The predicted octanol–water partition coefficient (Wildman–Crippen LogP) is 1.68. The summed E-state index contributed by atoms with van der Waals surface area (Å²) in [7, 11) is 1.63. The first-order valence-electron chi connectivity index (χ1n) is 7.43. The maximum atomic E-state index is 12.2. The molecule has 6 nitrogen and oxygen atoms in total. The van der Waals surface area contributed by atoms with Crippen molar-refractivity contribution in [3.8, 4) is 5.75 Å². The van der Waals surface area contributed by atoms with Crippen molar-refractivity contribution in [1.29, 1.82) is 0 Å². The van der Waals surface area contributed by atoms with Crippen molar-refractivity contribution in [1.82, 2.24) is 15.5 Å². The molecule has 0 spiro atoms. The van der Waals surface area contributed by atoms with Crippen molar-refractivity contribution < 1.29 is 9.53 Å². The molecule has 6 heteroatoms. The summed E-state index contributed by atoms with van der Waals surface area (Å²) in [4.78, 5) is 12.2. The van der Waals surface area contributed by atoms with Gasteiger partial charge < -0.3 is 15.4 Å². The van der Waals surface area contributed by atoms with Crippen LogP contribution in [0.4, 0.5) is 5.69 Å². The van der Waals surface area contributed by atoms with Crippen LogP contribution in [0.3, 0.4) is 0 Å². The smallest absolute Gasteiger partial charge is 0.228 e. The van der Waals surface area contributed by atoms with Crippen molar-refractivity contribution in [3.63, 3.8) is 0 Å². The average molecular weight is 300 g/mol. The minimum atomic E-state index is -0.0428. The third kappa shape index (κ3) is 3.28. The molecule has 0 saturated carbocycles. The molecular formula is C16H20N4O2. The predicted molar refractivity (Wildman–Crippen MR) is 84.1 cm³/mol. The summed E-state index contributed by atoms with van der Waals surface area (Å²) in [6.07, 6.45) is 3.07. The molecule has 1 atom stereocenters. The Bertz CT molecular complexity index is 630. The maximum absolute atomic E-state index is 12.2.